The van der Waals surface area contributed by atoms with Crippen LogP contribution in [0.5, 0.6) is 0 Å². The summed E-state index contributed by atoms with van der Waals surface area (Å²) in [5.41, 5.74) is 3.89. The number of fused-ring (bicyclic) bond motifs is 1. The van der Waals surface area contributed by atoms with Crippen LogP contribution in [-0.4, -0.2) is 11.2 Å². The number of nitrogens with zero attached hydrogens (tertiary/aromatic N) is 2. The average Bonchev–Trinajstić information content (AvgIpc) is 2.95. The topological polar surface area (TPSA) is 50.4 Å². The van der Waals surface area contributed by atoms with Gasteiger partial charge in [-0.15, -0.1) is 12.4 Å². The molecule has 0 spiro atoms. The van der Waals surface area contributed by atoms with Gasteiger partial charge in [0.05, 0.1) is 16.4 Å². The van der Waals surface area contributed by atoms with Gasteiger partial charge >= 0.3 is 0 Å². The molecule has 0 radical (unpaired) electrons. The number of anilines is 1. The van der Waals surface area contributed by atoms with Crippen molar-refractivity contribution in [1.82, 2.24) is 4.98 Å². The third kappa shape index (κ3) is 3.13. The van der Waals surface area contributed by atoms with E-state index in [0.717, 1.165) is 26.9 Å². The molecule has 0 aliphatic heterocycles. The minimum Gasteiger partial charge on any atom is -0.460 e. The summed E-state index contributed by atoms with van der Waals surface area (Å²) in [6.45, 7) is 1.90. The summed E-state index contributed by atoms with van der Waals surface area (Å²) in [6.07, 6.45) is 1.64. The fraction of sp³-hybridized carbons (Fsp3) is 0.0769. The first-order chi connectivity index (χ1) is 8.81. The van der Waals surface area contributed by atoms with E-state index in [0.29, 0.717) is 0 Å². The van der Waals surface area contributed by atoms with Crippen LogP contribution < -0.4 is 5.43 Å². The quantitative estimate of drug-likeness (QED) is 0.585. The molecule has 2 heterocycles. The first-order valence-corrected chi connectivity index (χ1v) is 6.34. The minimum absolute atomic E-state index is 0. The molecule has 0 fully saturated rings. The maximum atomic E-state index is 5.37. The largest absolute Gasteiger partial charge is 0.460 e. The Kier molecular flexibility index (Phi) is 4.19. The number of hydrogen-bond acceptors (Lipinski definition) is 5. The molecule has 4 nitrogen and oxygen atoms in total. The molecular weight excluding hydrogens is 282 g/mol. The van der Waals surface area contributed by atoms with Gasteiger partial charge in [-0.2, -0.15) is 5.10 Å². The number of benzene rings is 1. The second-order valence-corrected chi connectivity index (χ2v) is 4.84. The van der Waals surface area contributed by atoms with Crippen molar-refractivity contribution in [3.63, 3.8) is 0 Å². The van der Waals surface area contributed by atoms with Gasteiger partial charge in [-0.1, -0.05) is 23.5 Å². The number of hydrogen-bond donors (Lipinski definition) is 1. The summed E-state index contributed by atoms with van der Waals surface area (Å²) in [4.78, 5) is 4.41. The second-order valence-electron chi connectivity index (χ2n) is 3.81. The van der Waals surface area contributed by atoms with E-state index >= 15 is 0 Å². The molecule has 3 rings (SSSR count). The van der Waals surface area contributed by atoms with Gasteiger partial charge in [-0.3, -0.25) is 5.43 Å². The van der Waals surface area contributed by atoms with Gasteiger partial charge in [-0.05, 0) is 31.2 Å². The van der Waals surface area contributed by atoms with Crippen LogP contribution in [0.3, 0.4) is 0 Å². The number of halogens is 1. The van der Waals surface area contributed by atoms with E-state index in [1.165, 1.54) is 0 Å². The fourth-order valence-electron chi connectivity index (χ4n) is 1.59. The molecule has 0 bridgehead atoms. The van der Waals surface area contributed by atoms with E-state index in [-0.39, 0.29) is 12.4 Å². The molecule has 1 aromatic carbocycles. The minimum atomic E-state index is 0. The maximum absolute atomic E-state index is 5.37. The normalized spacial score (nSPS) is 10.8. The number of nitrogens with one attached hydrogen (secondary N) is 1. The predicted octanol–water partition coefficient (Wildman–Crippen LogP) is 4.07. The second kappa shape index (κ2) is 5.86. The van der Waals surface area contributed by atoms with Crippen LogP contribution in [0.2, 0.25) is 0 Å². The van der Waals surface area contributed by atoms with E-state index in [9.17, 15) is 0 Å². The summed E-state index contributed by atoms with van der Waals surface area (Å²) < 4.78 is 6.52. The maximum Gasteiger partial charge on any atom is 0.204 e. The van der Waals surface area contributed by atoms with Gasteiger partial charge in [-0.25, -0.2) is 4.98 Å². The Morgan fingerprint density at radius 3 is 2.84 bits per heavy atom. The Morgan fingerprint density at radius 2 is 2.11 bits per heavy atom. The number of aryl methyl sites for hydroxylation is 1. The standard InChI is InChI=1S/C13H11N3OS.ClH/c1-9-6-7-10(17-9)8-14-16-13-15-11-4-2-3-5-12(11)18-13;/h2-8H,1H3,(H,15,16);1H. The highest BCUT2D eigenvalue weighted by molar-refractivity contribution is 7.22. The highest BCUT2D eigenvalue weighted by atomic mass is 35.5. The van der Waals surface area contributed by atoms with Crippen molar-refractivity contribution in [2.45, 2.75) is 6.92 Å². The highest BCUT2D eigenvalue weighted by Crippen LogP contribution is 2.25. The smallest absolute Gasteiger partial charge is 0.204 e. The molecule has 19 heavy (non-hydrogen) atoms. The van der Waals surface area contributed by atoms with Crippen molar-refractivity contribution in [3.05, 3.63) is 47.9 Å². The van der Waals surface area contributed by atoms with Crippen molar-refractivity contribution >= 4 is 45.3 Å². The molecule has 0 aliphatic carbocycles. The Bertz CT molecular complexity index is 672. The van der Waals surface area contributed by atoms with Gasteiger partial charge in [0.25, 0.3) is 0 Å². The van der Waals surface area contributed by atoms with E-state index in [4.69, 9.17) is 4.42 Å². The third-order valence-corrected chi connectivity index (χ3v) is 3.35. The lowest BCUT2D eigenvalue weighted by molar-refractivity contribution is 0.528. The Morgan fingerprint density at radius 1 is 1.26 bits per heavy atom. The Hall–Kier alpha value is -1.85. The Balaban J connectivity index is 0.00000133. The molecule has 0 amide bonds. The van der Waals surface area contributed by atoms with Gasteiger partial charge in [0, 0.05) is 0 Å². The molecule has 6 heteroatoms. The first kappa shape index (κ1) is 13.6. The number of furan rings is 1. The third-order valence-electron chi connectivity index (χ3n) is 2.41. The van der Waals surface area contributed by atoms with Gasteiger partial charge in [0.1, 0.15) is 11.5 Å². The van der Waals surface area contributed by atoms with Gasteiger partial charge in [0.15, 0.2) is 0 Å². The lowest BCUT2D eigenvalue weighted by atomic mass is 10.3. The highest BCUT2D eigenvalue weighted by Gasteiger charge is 2.00. The van der Waals surface area contributed by atoms with E-state index < -0.39 is 0 Å². The zero-order valence-electron chi connectivity index (χ0n) is 10.2. The summed E-state index contributed by atoms with van der Waals surface area (Å²) >= 11 is 1.57. The van der Waals surface area contributed by atoms with Crippen molar-refractivity contribution in [1.29, 1.82) is 0 Å². The molecule has 0 saturated carbocycles. The fourth-order valence-corrected chi connectivity index (χ4v) is 2.41. The number of aromatic nitrogens is 1. The van der Waals surface area contributed by atoms with Crippen molar-refractivity contribution < 1.29 is 4.42 Å². The van der Waals surface area contributed by atoms with Crippen LogP contribution in [0, 0.1) is 6.92 Å². The average molecular weight is 294 g/mol. The van der Waals surface area contributed by atoms with Crippen molar-refractivity contribution in [2.75, 3.05) is 5.43 Å². The van der Waals surface area contributed by atoms with Crippen molar-refractivity contribution in [2.24, 2.45) is 5.10 Å². The van der Waals surface area contributed by atoms with E-state index in [1.807, 2.05) is 43.3 Å². The zero-order chi connectivity index (χ0) is 12.4. The van der Waals surface area contributed by atoms with E-state index in [1.54, 1.807) is 17.6 Å². The van der Waals surface area contributed by atoms with E-state index in [2.05, 4.69) is 15.5 Å². The van der Waals surface area contributed by atoms with Crippen LogP contribution in [0.1, 0.15) is 11.5 Å². The van der Waals surface area contributed by atoms with Gasteiger partial charge in [0.2, 0.25) is 5.13 Å². The molecular formula is C13H12ClN3OS. The van der Waals surface area contributed by atoms with Crippen LogP contribution in [0.4, 0.5) is 5.13 Å². The van der Waals surface area contributed by atoms with Crippen LogP contribution in [-0.2, 0) is 0 Å². The molecule has 0 atom stereocenters. The van der Waals surface area contributed by atoms with Crippen LogP contribution in [0.25, 0.3) is 10.2 Å². The molecule has 0 aliphatic rings. The Labute approximate surface area is 120 Å². The number of hydrazone groups is 1. The monoisotopic (exact) mass is 293 g/mol. The molecule has 0 saturated heterocycles. The van der Waals surface area contributed by atoms with Crippen molar-refractivity contribution in [3.8, 4) is 0 Å². The molecule has 0 unspecified atom stereocenters. The summed E-state index contributed by atoms with van der Waals surface area (Å²) in [6, 6.07) is 11.8. The number of rotatable bonds is 3. The first-order valence-electron chi connectivity index (χ1n) is 5.52. The summed E-state index contributed by atoms with van der Waals surface area (Å²) in [5, 5.41) is 4.87. The molecule has 3 aromatic rings. The number of para-hydroxylation sites is 1. The predicted molar refractivity (Wildman–Crippen MR) is 81.5 cm³/mol. The van der Waals surface area contributed by atoms with Gasteiger partial charge < -0.3 is 4.42 Å². The lowest BCUT2D eigenvalue weighted by Gasteiger charge is -1.90. The summed E-state index contributed by atoms with van der Waals surface area (Å²) in [5.74, 6) is 1.59. The zero-order valence-corrected chi connectivity index (χ0v) is 11.8. The molecule has 98 valence electrons. The molecule has 1 N–H and O–H groups in total. The lowest BCUT2D eigenvalue weighted by Crippen LogP contribution is -1.88. The van der Waals surface area contributed by atoms with Crippen LogP contribution >= 0.6 is 23.7 Å². The SMILES string of the molecule is Cc1ccc(C=NNc2nc3ccccc3s2)o1.Cl. The number of thiazole rings is 1. The molecule has 2 aromatic heterocycles. The summed E-state index contributed by atoms with van der Waals surface area (Å²) in [7, 11) is 0. The van der Waals surface area contributed by atoms with Crippen LogP contribution in [0.15, 0.2) is 45.9 Å².